The van der Waals surface area contributed by atoms with Crippen molar-refractivity contribution in [2.75, 3.05) is 7.11 Å². The highest BCUT2D eigenvalue weighted by molar-refractivity contribution is 6.20. The van der Waals surface area contributed by atoms with Gasteiger partial charge >= 0.3 is 17.9 Å². The van der Waals surface area contributed by atoms with Gasteiger partial charge in [-0.1, -0.05) is 12.1 Å². The summed E-state index contributed by atoms with van der Waals surface area (Å²) >= 11 is 0. The van der Waals surface area contributed by atoms with E-state index in [-0.39, 0.29) is 25.0 Å². The molecule has 2 rings (SSSR count). The van der Waals surface area contributed by atoms with Crippen LogP contribution in [0, 0.1) is 5.41 Å². The van der Waals surface area contributed by atoms with Crippen molar-refractivity contribution in [3.63, 3.8) is 0 Å². The zero-order chi connectivity index (χ0) is 25.0. The second-order valence-electron chi connectivity index (χ2n) is 9.88. The normalized spacial score (nSPS) is 15.8. The van der Waals surface area contributed by atoms with E-state index < -0.39 is 40.3 Å². The smallest absolute Gasteiger partial charge is 0.341 e. The summed E-state index contributed by atoms with van der Waals surface area (Å²) in [4.78, 5) is 51.6. The summed E-state index contributed by atoms with van der Waals surface area (Å²) in [6, 6.07) is 6.86. The molecule has 8 nitrogen and oxygen atoms in total. The molecule has 8 heteroatoms. The van der Waals surface area contributed by atoms with Crippen LogP contribution in [0.15, 0.2) is 35.9 Å². The van der Waals surface area contributed by atoms with E-state index in [1.807, 2.05) is 0 Å². The Balaban J connectivity index is 2.36. The Labute approximate surface area is 194 Å². The molecule has 0 fully saturated rings. The number of hydrogen-bond acceptors (Lipinski definition) is 8. The van der Waals surface area contributed by atoms with Gasteiger partial charge in [-0.2, -0.15) is 0 Å². The molecule has 0 amide bonds. The molecular weight excluding hydrogens is 428 g/mol. The van der Waals surface area contributed by atoms with Gasteiger partial charge in [0.1, 0.15) is 29.1 Å². The van der Waals surface area contributed by atoms with Gasteiger partial charge in [0, 0.05) is 6.42 Å². The van der Waals surface area contributed by atoms with E-state index in [4.69, 9.17) is 18.9 Å². The van der Waals surface area contributed by atoms with Gasteiger partial charge < -0.3 is 18.9 Å². The van der Waals surface area contributed by atoms with E-state index in [0.717, 1.165) is 6.08 Å². The molecule has 180 valence electrons. The Bertz CT molecular complexity index is 914. The van der Waals surface area contributed by atoms with Gasteiger partial charge in [0.05, 0.1) is 7.11 Å². The second kappa shape index (κ2) is 9.77. The Morgan fingerprint density at radius 1 is 0.909 bits per heavy atom. The molecule has 1 aromatic carbocycles. The lowest BCUT2D eigenvalue weighted by atomic mass is 9.75. The maximum Gasteiger partial charge on any atom is 0.341 e. The van der Waals surface area contributed by atoms with Crippen molar-refractivity contribution >= 4 is 23.7 Å². The number of benzene rings is 1. The summed E-state index contributed by atoms with van der Waals surface area (Å²) in [6.07, 6.45) is 0.685. The molecule has 0 saturated heterocycles. The Hall–Kier alpha value is -3.16. The lowest BCUT2D eigenvalue weighted by molar-refractivity contribution is -0.182. The molecule has 0 saturated carbocycles. The number of ether oxygens (including phenoxy) is 4. The summed E-state index contributed by atoms with van der Waals surface area (Å²) in [6.45, 7) is 9.87. The van der Waals surface area contributed by atoms with E-state index in [1.165, 1.54) is 7.11 Å². The van der Waals surface area contributed by atoms with E-state index in [9.17, 15) is 19.2 Å². The fourth-order valence-corrected chi connectivity index (χ4v) is 3.11. The zero-order valence-corrected chi connectivity index (χ0v) is 20.3. The highest BCUT2D eigenvalue weighted by Crippen LogP contribution is 2.38. The SMILES string of the molecule is COc1ccc(COC(=O)C2=CC(C(=O)OC(C)(C)C)(C(=O)OC(C)(C)C)CCC2=O)cc1. The quantitative estimate of drug-likeness (QED) is 0.274. The fraction of sp³-hybridized carbons (Fsp3) is 0.520. The number of carbonyl (C=O) groups excluding carboxylic acids is 4. The van der Waals surface area contributed by atoms with Gasteiger partial charge in [0.2, 0.25) is 0 Å². The van der Waals surface area contributed by atoms with Crippen molar-refractivity contribution in [2.24, 2.45) is 5.41 Å². The standard InChI is InChI=1S/C25H32O8/c1-23(2,3)32-21(28)25(22(29)33-24(4,5)6)13-12-19(26)18(14-25)20(27)31-15-16-8-10-17(30-7)11-9-16/h8-11,14H,12-13,15H2,1-7H3. The number of carbonyl (C=O) groups is 4. The first-order chi connectivity index (χ1) is 15.2. The maximum atomic E-state index is 13.1. The molecule has 0 spiro atoms. The van der Waals surface area contributed by atoms with Gasteiger partial charge in [-0.05, 0) is 71.7 Å². The number of hydrogen-bond donors (Lipinski definition) is 0. The number of rotatable bonds is 6. The number of methoxy groups -OCH3 is 1. The molecule has 0 radical (unpaired) electrons. The average molecular weight is 461 g/mol. The van der Waals surface area contributed by atoms with Crippen LogP contribution in [0.2, 0.25) is 0 Å². The molecule has 0 heterocycles. The predicted octanol–water partition coefficient (Wildman–Crippen LogP) is 3.70. The third-order valence-corrected chi connectivity index (χ3v) is 4.71. The maximum absolute atomic E-state index is 13.1. The van der Waals surface area contributed by atoms with Crippen LogP contribution in [0.5, 0.6) is 5.75 Å². The number of Topliss-reactive ketones (excluding diaryl/α,β-unsaturated/α-hetero) is 1. The van der Waals surface area contributed by atoms with Crippen LogP contribution in [-0.4, -0.2) is 42.0 Å². The van der Waals surface area contributed by atoms with Gasteiger partial charge in [0.15, 0.2) is 11.2 Å². The monoisotopic (exact) mass is 460 g/mol. The fourth-order valence-electron chi connectivity index (χ4n) is 3.11. The molecule has 1 aliphatic rings. The van der Waals surface area contributed by atoms with Crippen molar-refractivity contribution in [1.82, 2.24) is 0 Å². The third kappa shape index (κ3) is 6.91. The van der Waals surface area contributed by atoms with Crippen molar-refractivity contribution in [1.29, 1.82) is 0 Å². The largest absolute Gasteiger partial charge is 0.497 e. The molecule has 1 aliphatic carbocycles. The van der Waals surface area contributed by atoms with Crippen LogP contribution in [0.4, 0.5) is 0 Å². The van der Waals surface area contributed by atoms with Crippen LogP contribution in [0.25, 0.3) is 0 Å². The Kier molecular flexibility index (Phi) is 7.72. The van der Waals surface area contributed by atoms with Gasteiger partial charge in [-0.3, -0.25) is 14.4 Å². The Morgan fingerprint density at radius 2 is 1.42 bits per heavy atom. The lowest BCUT2D eigenvalue weighted by Crippen LogP contribution is -2.48. The molecule has 0 atom stereocenters. The van der Waals surface area contributed by atoms with E-state index in [2.05, 4.69) is 0 Å². The summed E-state index contributed by atoms with van der Waals surface area (Å²) < 4.78 is 21.3. The first kappa shape index (κ1) is 26.1. The molecular formula is C25H32O8. The predicted molar refractivity (Wildman–Crippen MR) is 119 cm³/mol. The molecule has 0 unspecified atom stereocenters. The van der Waals surface area contributed by atoms with Crippen LogP contribution in [0.1, 0.15) is 59.9 Å². The summed E-state index contributed by atoms with van der Waals surface area (Å²) in [5.41, 5.74) is -3.40. The van der Waals surface area contributed by atoms with Crippen molar-refractivity contribution in [3.8, 4) is 5.75 Å². The third-order valence-electron chi connectivity index (χ3n) is 4.71. The molecule has 0 N–H and O–H groups in total. The lowest BCUT2D eigenvalue weighted by Gasteiger charge is -2.34. The summed E-state index contributed by atoms with van der Waals surface area (Å²) in [5.74, 6) is -2.55. The average Bonchev–Trinajstić information content (AvgIpc) is 2.70. The van der Waals surface area contributed by atoms with Crippen molar-refractivity contribution < 1.29 is 38.1 Å². The molecule has 0 aromatic heterocycles. The topological polar surface area (TPSA) is 105 Å². The van der Waals surface area contributed by atoms with E-state index in [1.54, 1.807) is 65.8 Å². The summed E-state index contributed by atoms with van der Waals surface area (Å²) in [5, 5.41) is 0. The first-order valence-corrected chi connectivity index (χ1v) is 10.7. The zero-order valence-electron chi connectivity index (χ0n) is 20.3. The van der Waals surface area contributed by atoms with Crippen molar-refractivity contribution in [3.05, 3.63) is 41.5 Å². The van der Waals surface area contributed by atoms with E-state index in [0.29, 0.717) is 11.3 Å². The van der Waals surface area contributed by atoms with Gasteiger partial charge in [0.25, 0.3) is 0 Å². The van der Waals surface area contributed by atoms with Gasteiger partial charge in [-0.25, -0.2) is 4.79 Å². The van der Waals surface area contributed by atoms with Crippen molar-refractivity contribution in [2.45, 2.75) is 72.2 Å². The number of esters is 3. The first-order valence-electron chi connectivity index (χ1n) is 10.7. The minimum Gasteiger partial charge on any atom is -0.497 e. The van der Waals surface area contributed by atoms with E-state index >= 15 is 0 Å². The minimum absolute atomic E-state index is 0.0979. The number of ketones is 1. The van der Waals surface area contributed by atoms with Crippen LogP contribution in [0.3, 0.4) is 0 Å². The highest BCUT2D eigenvalue weighted by atomic mass is 16.6. The summed E-state index contributed by atoms with van der Waals surface area (Å²) in [7, 11) is 1.54. The van der Waals surface area contributed by atoms with Gasteiger partial charge in [-0.15, -0.1) is 0 Å². The molecule has 0 aliphatic heterocycles. The highest BCUT2D eigenvalue weighted by Gasteiger charge is 2.53. The minimum atomic E-state index is -1.93. The molecule has 33 heavy (non-hydrogen) atoms. The molecule has 1 aromatic rings. The van der Waals surface area contributed by atoms with Crippen LogP contribution >= 0.6 is 0 Å². The molecule has 0 bridgehead atoms. The second-order valence-corrected chi connectivity index (χ2v) is 9.88. The van der Waals surface area contributed by atoms with Crippen LogP contribution in [-0.2, 0) is 40.0 Å². The van der Waals surface area contributed by atoms with Crippen LogP contribution < -0.4 is 4.74 Å². The Morgan fingerprint density at radius 3 is 1.88 bits per heavy atom.